The topological polar surface area (TPSA) is 55.4 Å². The number of ether oxygens (including phenoxy) is 1. The van der Waals surface area contributed by atoms with Crippen LogP contribution in [-0.2, 0) is 15.6 Å². The number of carbonyl (C=O) groups excluding carboxylic acids is 1. The Bertz CT molecular complexity index is 595. The second kappa shape index (κ2) is 4.44. The first-order valence-electron chi connectivity index (χ1n) is 5.48. The molecule has 1 aromatic carbocycles. The van der Waals surface area contributed by atoms with Crippen molar-refractivity contribution in [3.05, 3.63) is 28.7 Å². The van der Waals surface area contributed by atoms with Gasteiger partial charge in [0, 0.05) is 22.8 Å². The molecule has 1 unspecified atom stereocenters. The molecule has 2 aliphatic rings. The third-order valence-electron chi connectivity index (χ3n) is 2.86. The van der Waals surface area contributed by atoms with Gasteiger partial charge in [-0.05, 0) is 18.2 Å². The summed E-state index contributed by atoms with van der Waals surface area (Å²) in [6.45, 7) is 0.604. The molecule has 0 aromatic heterocycles. The number of carbonyl (C=O) groups is 1. The molecule has 2 aliphatic heterocycles. The maximum absolute atomic E-state index is 12.3. The molecule has 1 atom stereocenters. The Morgan fingerprint density at radius 1 is 1.44 bits per heavy atom. The van der Waals surface area contributed by atoms with Gasteiger partial charge in [0.1, 0.15) is 10.7 Å². The highest BCUT2D eigenvalue weighted by Crippen LogP contribution is 2.44. The Morgan fingerprint density at radius 2 is 2.28 bits per heavy atom. The predicted octanol–water partition coefficient (Wildman–Crippen LogP) is 1.35. The monoisotopic (exact) mass is 281 g/mol. The molecule has 0 spiro atoms. The number of thioether (sulfide) groups is 1. The lowest BCUT2D eigenvalue weighted by Gasteiger charge is -2.06. The van der Waals surface area contributed by atoms with E-state index < -0.39 is 10.8 Å². The fourth-order valence-electron chi connectivity index (χ4n) is 2.02. The molecule has 0 saturated heterocycles. The van der Waals surface area contributed by atoms with Gasteiger partial charge in [0.05, 0.1) is 22.8 Å². The van der Waals surface area contributed by atoms with Crippen molar-refractivity contribution in [2.75, 3.05) is 19.4 Å². The van der Waals surface area contributed by atoms with E-state index in [0.29, 0.717) is 22.1 Å². The van der Waals surface area contributed by atoms with Crippen LogP contribution in [0, 0.1) is 0 Å². The van der Waals surface area contributed by atoms with Crippen LogP contribution in [0.5, 0.6) is 5.75 Å². The van der Waals surface area contributed by atoms with Crippen LogP contribution in [0.2, 0.25) is 0 Å². The number of amides is 1. The standard InChI is InChI=1S/C12H11NO3S2/c1-16-7-2-3-9-8(6-7)10-11(18(9)15)12(14)13-4-5-17-10/h2-3,6H,4-5H2,1H3,(H,13,14). The largest absolute Gasteiger partial charge is 0.497 e. The van der Waals surface area contributed by atoms with Crippen molar-refractivity contribution in [1.29, 1.82) is 0 Å². The van der Waals surface area contributed by atoms with Crippen molar-refractivity contribution in [3.63, 3.8) is 0 Å². The smallest absolute Gasteiger partial charge is 0.261 e. The Morgan fingerprint density at radius 3 is 3.06 bits per heavy atom. The van der Waals surface area contributed by atoms with Gasteiger partial charge in [-0.25, -0.2) is 4.21 Å². The maximum Gasteiger partial charge on any atom is 0.261 e. The van der Waals surface area contributed by atoms with Gasteiger partial charge in [-0.3, -0.25) is 4.79 Å². The minimum atomic E-state index is -1.37. The Hall–Kier alpha value is -1.27. The fourth-order valence-corrected chi connectivity index (χ4v) is 4.74. The van der Waals surface area contributed by atoms with Crippen molar-refractivity contribution in [2.24, 2.45) is 0 Å². The summed E-state index contributed by atoms with van der Waals surface area (Å²) < 4.78 is 17.5. The molecular weight excluding hydrogens is 270 g/mol. The first kappa shape index (κ1) is 11.8. The van der Waals surface area contributed by atoms with E-state index in [-0.39, 0.29) is 5.91 Å². The van der Waals surface area contributed by atoms with Gasteiger partial charge in [0.25, 0.3) is 5.91 Å². The van der Waals surface area contributed by atoms with E-state index in [4.69, 9.17) is 4.74 Å². The molecule has 3 rings (SSSR count). The molecule has 6 heteroatoms. The average molecular weight is 281 g/mol. The van der Waals surface area contributed by atoms with Crippen LogP contribution in [-0.4, -0.2) is 29.5 Å². The minimum absolute atomic E-state index is 0.219. The van der Waals surface area contributed by atoms with Gasteiger partial charge >= 0.3 is 0 Å². The molecule has 4 nitrogen and oxygen atoms in total. The van der Waals surface area contributed by atoms with Crippen LogP contribution in [0.1, 0.15) is 5.56 Å². The summed E-state index contributed by atoms with van der Waals surface area (Å²) in [6.07, 6.45) is 0. The number of hydrogen-bond acceptors (Lipinski definition) is 4. The van der Waals surface area contributed by atoms with Gasteiger partial charge in [-0.15, -0.1) is 11.8 Å². The van der Waals surface area contributed by atoms with Crippen LogP contribution < -0.4 is 10.1 Å². The molecule has 0 saturated carbocycles. The van der Waals surface area contributed by atoms with Crippen molar-refractivity contribution in [3.8, 4) is 5.75 Å². The van der Waals surface area contributed by atoms with E-state index in [1.807, 2.05) is 6.07 Å². The second-order valence-corrected chi connectivity index (χ2v) is 6.38. The van der Waals surface area contributed by atoms with Crippen molar-refractivity contribution in [2.45, 2.75) is 4.90 Å². The summed E-state index contributed by atoms with van der Waals surface area (Å²) in [4.78, 5) is 13.8. The summed E-state index contributed by atoms with van der Waals surface area (Å²) in [7, 11) is 0.219. The van der Waals surface area contributed by atoms with Crippen LogP contribution in [0.3, 0.4) is 0 Å². The molecule has 0 radical (unpaired) electrons. The van der Waals surface area contributed by atoms with Crippen molar-refractivity contribution in [1.82, 2.24) is 5.32 Å². The first-order chi connectivity index (χ1) is 8.72. The highest BCUT2D eigenvalue weighted by atomic mass is 32.2. The van der Waals surface area contributed by atoms with Crippen LogP contribution >= 0.6 is 11.8 Å². The maximum atomic E-state index is 12.3. The molecule has 94 valence electrons. The minimum Gasteiger partial charge on any atom is -0.497 e. The molecule has 0 fully saturated rings. The normalized spacial score (nSPS) is 22.1. The quantitative estimate of drug-likeness (QED) is 0.844. The van der Waals surface area contributed by atoms with Gasteiger partial charge in [-0.1, -0.05) is 0 Å². The van der Waals surface area contributed by atoms with Crippen LogP contribution in [0.4, 0.5) is 0 Å². The lowest BCUT2D eigenvalue weighted by Crippen LogP contribution is -2.26. The molecule has 18 heavy (non-hydrogen) atoms. The lowest BCUT2D eigenvalue weighted by molar-refractivity contribution is -0.116. The predicted molar refractivity (Wildman–Crippen MR) is 71.8 cm³/mol. The highest BCUT2D eigenvalue weighted by Gasteiger charge is 2.34. The molecule has 0 aliphatic carbocycles. The number of methoxy groups -OCH3 is 1. The molecular formula is C12H11NO3S2. The van der Waals surface area contributed by atoms with E-state index in [2.05, 4.69) is 5.32 Å². The summed E-state index contributed by atoms with van der Waals surface area (Å²) in [5.41, 5.74) is 0.865. The number of fused-ring (bicyclic) bond motifs is 2. The molecule has 1 N–H and O–H groups in total. The Balaban J connectivity index is 2.19. The molecule has 1 amide bonds. The highest BCUT2D eigenvalue weighted by molar-refractivity contribution is 8.09. The second-order valence-electron chi connectivity index (χ2n) is 3.89. The summed E-state index contributed by atoms with van der Waals surface area (Å²) >= 11 is 1.57. The first-order valence-corrected chi connectivity index (χ1v) is 7.61. The van der Waals surface area contributed by atoms with E-state index in [1.165, 1.54) is 0 Å². The average Bonchev–Trinajstić information content (AvgIpc) is 2.54. The van der Waals surface area contributed by atoms with Crippen LogP contribution in [0.15, 0.2) is 28.0 Å². The van der Waals surface area contributed by atoms with Gasteiger partial charge in [0.2, 0.25) is 0 Å². The van der Waals surface area contributed by atoms with E-state index >= 15 is 0 Å². The van der Waals surface area contributed by atoms with Gasteiger partial charge < -0.3 is 10.1 Å². The van der Waals surface area contributed by atoms with E-state index in [1.54, 1.807) is 31.0 Å². The molecule has 0 bridgehead atoms. The molecule has 1 aromatic rings. The number of nitrogens with one attached hydrogen (secondary N) is 1. The summed E-state index contributed by atoms with van der Waals surface area (Å²) in [5.74, 6) is 1.28. The summed E-state index contributed by atoms with van der Waals surface area (Å²) in [5, 5.41) is 2.77. The zero-order valence-corrected chi connectivity index (χ0v) is 11.3. The summed E-state index contributed by atoms with van der Waals surface area (Å²) in [6, 6.07) is 5.39. The Labute approximate surface area is 111 Å². The zero-order valence-electron chi connectivity index (χ0n) is 9.69. The lowest BCUT2D eigenvalue weighted by atomic mass is 10.2. The SMILES string of the molecule is COc1ccc2c(c1)C1=C(C(=O)NCCS1)S2=O. The van der Waals surface area contributed by atoms with Crippen molar-refractivity contribution >= 4 is 33.4 Å². The number of hydrogen-bond donors (Lipinski definition) is 1. The van der Waals surface area contributed by atoms with E-state index in [0.717, 1.165) is 16.2 Å². The third-order valence-corrected chi connectivity index (χ3v) is 5.63. The fraction of sp³-hybridized carbons (Fsp3) is 0.250. The van der Waals surface area contributed by atoms with Crippen molar-refractivity contribution < 1.29 is 13.7 Å². The Kier molecular flexibility index (Phi) is 2.91. The number of benzene rings is 1. The van der Waals surface area contributed by atoms with Crippen LogP contribution in [0.25, 0.3) is 4.91 Å². The van der Waals surface area contributed by atoms with E-state index in [9.17, 15) is 9.00 Å². The van der Waals surface area contributed by atoms with Gasteiger partial charge in [-0.2, -0.15) is 0 Å². The molecule has 2 heterocycles. The number of rotatable bonds is 1. The third kappa shape index (κ3) is 1.67. The zero-order chi connectivity index (χ0) is 12.7. The van der Waals surface area contributed by atoms with Gasteiger partial charge in [0.15, 0.2) is 0 Å².